The first-order chi connectivity index (χ1) is 13.0. The van der Waals surface area contributed by atoms with Gasteiger partial charge in [0.2, 0.25) is 0 Å². The van der Waals surface area contributed by atoms with Gasteiger partial charge in [-0.3, -0.25) is 0 Å². The number of rotatable bonds is 8. The lowest BCUT2D eigenvalue weighted by atomic mass is 9.99. The van der Waals surface area contributed by atoms with Crippen LogP contribution >= 0.6 is 0 Å². The van der Waals surface area contributed by atoms with Crippen LogP contribution in [0.25, 0.3) is 0 Å². The number of halogens is 3. The molecule has 1 aromatic rings. The largest absolute Gasteiger partial charge is 0.456 e. The lowest BCUT2D eigenvalue weighted by Gasteiger charge is -2.28. The van der Waals surface area contributed by atoms with E-state index in [-0.39, 0.29) is 18.3 Å². The van der Waals surface area contributed by atoms with E-state index in [1.165, 1.54) is 12.1 Å². The molecule has 2 atom stereocenters. The van der Waals surface area contributed by atoms with Crippen LogP contribution in [0.1, 0.15) is 73.9 Å². The van der Waals surface area contributed by atoms with Gasteiger partial charge in [-0.2, -0.15) is 0 Å². The third-order valence-electron chi connectivity index (χ3n) is 4.73. The number of benzene rings is 1. The van der Waals surface area contributed by atoms with Crippen LogP contribution in [0.3, 0.4) is 0 Å². The summed E-state index contributed by atoms with van der Waals surface area (Å²) in [4.78, 5) is 12.4. The van der Waals surface area contributed by atoms with E-state index in [0.29, 0.717) is 19.3 Å². The molecule has 0 aromatic heterocycles. The van der Waals surface area contributed by atoms with Crippen molar-refractivity contribution >= 4 is 5.97 Å². The first-order valence-electron chi connectivity index (χ1n) is 9.51. The Balaban J connectivity index is 2.10. The highest BCUT2D eigenvalue weighted by atomic mass is 19.3. The molecule has 0 spiro atoms. The molecule has 0 N–H and O–H groups in total. The molecule has 0 aliphatic carbocycles. The monoisotopic (exact) mass is 384 g/mol. The van der Waals surface area contributed by atoms with Gasteiger partial charge >= 0.3 is 5.97 Å². The topological polar surface area (TPSA) is 35.5 Å². The van der Waals surface area contributed by atoms with Gasteiger partial charge in [0.15, 0.2) is 0 Å². The first kappa shape index (κ1) is 21.5. The second-order valence-corrected chi connectivity index (χ2v) is 6.76. The van der Waals surface area contributed by atoms with Crippen LogP contribution in [0.4, 0.5) is 13.2 Å². The highest BCUT2D eigenvalue weighted by molar-refractivity contribution is 5.91. The molecule has 2 unspecified atom stereocenters. The number of esters is 1. The van der Waals surface area contributed by atoms with E-state index in [9.17, 15) is 18.0 Å². The Kier molecular flexibility index (Phi) is 8.35. The molecule has 2 rings (SSSR count). The lowest BCUT2D eigenvalue weighted by Crippen LogP contribution is -2.33. The van der Waals surface area contributed by atoms with Crippen molar-refractivity contribution in [2.24, 2.45) is 0 Å². The van der Waals surface area contributed by atoms with Crippen molar-refractivity contribution in [1.29, 1.82) is 0 Å². The standard InChI is InChI=1S/C21H27F3O3/c1-3-5-6-8-14-9-12-17(18(19(14)22)20(23)24)21(25)27-16-11-10-15(7-4-2)26-13-16/h3,5,9,12,15-16,20H,4,6-8,10-11,13H2,1-2H3/b5-3+. The maximum absolute atomic E-state index is 14.5. The Bertz CT molecular complexity index is 650. The van der Waals surface area contributed by atoms with Crippen molar-refractivity contribution in [3.8, 4) is 0 Å². The smallest absolute Gasteiger partial charge is 0.339 e. The molecular weight excluding hydrogens is 357 g/mol. The molecule has 0 saturated carbocycles. The lowest BCUT2D eigenvalue weighted by molar-refractivity contribution is -0.0689. The highest BCUT2D eigenvalue weighted by Gasteiger charge is 2.29. The summed E-state index contributed by atoms with van der Waals surface area (Å²) in [6.45, 7) is 4.14. The molecular formula is C21H27F3O3. The van der Waals surface area contributed by atoms with Crippen LogP contribution in [-0.4, -0.2) is 24.8 Å². The number of hydrogen-bond acceptors (Lipinski definition) is 3. The molecule has 0 bridgehead atoms. The minimum atomic E-state index is -3.09. The van der Waals surface area contributed by atoms with Gasteiger partial charge in [-0.25, -0.2) is 18.0 Å². The molecule has 1 saturated heterocycles. The zero-order chi connectivity index (χ0) is 19.8. The number of aryl methyl sites for hydroxylation is 1. The van der Waals surface area contributed by atoms with E-state index in [1.807, 2.05) is 19.1 Å². The van der Waals surface area contributed by atoms with E-state index in [2.05, 4.69) is 6.92 Å². The fourth-order valence-electron chi connectivity index (χ4n) is 3.27. The number of carbonyl (C=O) groups excluding carboxylic acids is 1. The number of ether oxygens (including phenoxy) is 2. The number of alkyl halides is 2. The van der Waals surface area contributed by atoms with Crippen LogP contribution in [0, 0.1) is 5.82 Å². The second-order valence-electron chi connectivity index (χ2n) is 6.76. The van der Waals surface area contributed by atoms with E-state index >= 15 is 0 Å². The summed E-state index contributed by atoms with van der Waals surface area (Å²) >= 11 is 0. The molecule has 1 aliphatic heterocycles. The maximum atomic E-state index is 14.5. The molecule has 150 valence electrons. The predicted molar refractivity (Wildman–Crippen MR) is 97.6 cm³/mol. The summed E-state index contributed by atoms with van der Waals surface area (Å²) in [6.07, 6.45) is 4.36. The van der Waals surface area contributed by atoms with Crippen molar-refractivity contribution < 1.29 is 27.4 Å². The minimum absolute atomic E-state index is 0.149. The molecule has 0 amide bonds. The average molecular weight is 384 g/mol. The molecule has 27 heavy (non-hydrogen) atoms. The van der Waals surface area contributed by atoms with Crippen molar-refractivity contribution in [1.82, 2.24) is 0 Å². The van der Waals surface area contributed by atoms with Gasteiger partial charge in [0.1, 0.15) is 11.9 Å². The van der Waals surface area contributed by atoms with Crippen LogP contribution < -0.4 is 0 Å². The zero-order valence-electron chi connectivity index (χ0n) is 15.8. The summed E-state index contributed by atoms with van der Waals surface area (Å²) in [6, 6.07) is 2.62. The Morgan fingerprint density at radius 3 is 2.74 bits per heavy atom. The summed E-state index contributed by atoms with van der Waals surface area (Å²) in [5, 5.41) is 0. The van der Waals surface area contributed by atoms with Crippen LogP contribution in [-0.2, 0) is 15.9 Å². The molecule has 6 heteroatoms. The van der Waals surface area contributed by atoms with Crippen LogP contribution in [0.2, 0.25) is 0 Å². The van der Waals surface area contributed by atoms with Crippen molar-refractivity contribution in [3.63, 3.8) is 0 Å². The van der Waals surface area contributed by atoms with Gasteiger partial charge < -0.3 is 9.47 Å². The molecule has 1 heterocycles. The fraction of sp³-hybridized carbons (Fsp3) is 0.571. The van der Waals surface area contributed by atoms with Gasteiger partial charge in [-0.05, 0) is 50.7 Å². The second kappa shape index (κ2) is 10.5. The average Bonchev–Trinajstić information content (AvgIpc) is 2.64. The predicted octanol–water partition coefficient (Wildman–Crippen LogP) is 5.78. The van der Waals surface area contributed by atoms with Crippen molar-refractivity contribution in [3.05, 3.63) is 46.8 Å². The van der Waals surface area contributed by atoms with Gasteiger partial charge in [0, 0.05) is 0 Å². The summed E-state index contributed by atoms with van der Waals surface area (Å²) in [5.41, 5.74) is -1.12. The molecule has 0 radical (unpaired) electrons. The van der Waals surface area contributed by atoms with E-state index < -0.39 is 35.4 Å². The summed E-state index contributed by atoms with van der Waals surface area (Å²) < 4.78 is 52.4. The zero-order valence-corrected chi connectivity index (χ0v) is 15.8. The van der Waals surface area contributed by atoms with E-state index in [1.54, 1.807) is 0 Å². The fourth-order valence-corrected chi connectivity index (χ4v) is 3.27. The Hall–Kier alpha value is -1.82. The van der Waals surface area contributed by atoms with E-state index in [0.717, 1.165) is 19.3 Å². The third-order valence-corrected chi connectivity index (χ3v) is 4.73. The van der Waals surface area contributed by atoms with Gasteiger partial charge in [0.25, 0.3) is 6.43 Å². The molecule has 1 aromatic carbocycles. The van der Waals surface area contributed by atoms with Gasteiger partial charge in [0.05, 0.1) is 23.8 Å². The Morgan fingerprint density at radius 2 is 2.15 bits per heavy atom. The van der Waals surface area contributed by atoms with E-state index in [4.69, 9.17) is 9.47 Å². The van der Waals surface area contributed by atoms with Crippen molar-refractivity contribution in [2.45, 2.75) is 71.0 Å². The quantitative estimate of drug-likeness (QED) is 0.421. The highest BCUT2D eigenvalue weighted by Crippen LogP contribution is 2.30. The van der Waals surface area contributed by atoms with Gasteiger partial charge in [-0.15, -0.1) is 0 Å². The number of carbonyl (C=O) groups is 1. The normalized spacial score (nSPS) is 20.4. The SMILES string of the molecule is C/C=C/CCc1ccc(C(=O)OC2CCC(CCC)OC2)c(C(F)F)c1F. The van der Waals surface area contributed by atoms with Crippen molar-refractivity contribution in [2.75, 3.05) is 6.61 Å². The number of allylic oxidation sites excluding steroid dienone is 2. The number of hydrogen-bond donors (Lipinski definition) is 0. The molecule has 1 aliphatic rings. The summed E-state index contributed by atoms with van der Waals surface area (Å²) in [7, 11) is 0. The Labute approximate surface area is 158 Å². The molecule has 1 fully saturated rings. The Morgan fingerprint density at radius 1 is 1.37 bits per heavy atom. The molecule has 3 nitrogen and oxygen atoms in total. The first-order valence-corrected chi connectivity index (χ1v) is 9.51. The van der Waals surface area contributed by atoms with Crippen LogP contribution in [0.15, 0.2) is 24.3 Å². The van der Waals surface area contributed by atoms with Gasteiger partial charge in [-0.1, -0.05) is 31.6 Å². The minimum Gasteiger partial charge on any atom is -0.456 e. The third kappa shape index (κ3) is 5.83. The van der Waals surface area contributed by atoms with Crippen LogP contribution in [0.5, 0.6) is 0 Å². The summed E-state index contributed by atoms with van der Waals surface area (Å²) in [5.74, 6) is -1.95. The maximum Gasteiger partial charge on any atom is 0.339 e.